The van der Waals surface area contributed by atoms with Gasteiger partial charge in [0.2, 0.25) is 0 Å². The van der Waals surface area contributed by atoms with Crippen LogP contribution in [0.25, 0.3) is 0 Å². The number of rotatable bonds is 5. The quantitative estimate of drug-likeness (QED) is 0.494. The van der Waals surface area contributed by atoms with E-state index in [1.54, 1.807) is 6.92 Å². The van der Waals surface area contributed by atoms with E-state index in [9.17, 15) is 20.0 Å². The third kappa shape index (κ3) is 2.82. The highest BCUT2D eigenvalue weighted by atomic mass is 16.6. The molecule has 0 aromatic carbocycles. The van der Waals surface area contributed by atoms with E-state index in [4.69, 9.17) is 4.74 Å². The lowest BCUT2D eigenvalue weighted by Gasteiger charge is -2.11. The Bertz CT molecular complexity index is 696. The highest BCUT2D eigenvalue weighted by Gasteiger charge is 2.33. The molecular weight excluding hydrogens is 290 g/mol. The molecule has 0 saturated heterocycles. The number of ether oxygens (including phenoxy) is 1. The van der Waals surface area contributed by atoms with Crippen LogP contribution in [0.15, 0.2) is 24.5 Å². The molecule has 8 nitrogen and oxygen atoms in total. The first-order valence-electron chi connectivity index (χ1n) is 6.59. The molecule has 1 unspecified atom stereocenters. The standard InChI is InChI=1S/C14H15N3O5/c1-3-22-14(19)11-10(12(17(20)21)8(2)16-11)13(18)9-4-6-15-7-5-9/h4-7,13,16,18H,3H2,1-2H3. The molecule has 2 aromatic rings. The van der Waals surface area contributed by atoms with E-state index in [0.29, 0.717) is 5.56 Å². The molecule has 0 bridgehead atoms. The molecule has 1 atom stereocenters. The Morgan fingerprint density at radius 1 is 1.50 bits per heavy atom. The van der Waals surface area contributed by atoms with Gasteiger partial charge in [-0.25, -0.2) is 4.79 Å². The van der Waals surface area contributed by atoms with Crippen LogP contribution in [0.4, 0.5) is 5.69 Å². The molecule has 0 radical (unpaired) electrons. The zero-order valence-electron chi connectivity index (χ0n) is 12.1. The number of carbonyl (C=O) groups excluding carboxylic acids is 1. The molecule has 0 aliphatic rings. The van der Waals surface area contributed by atoms with Crippen molar-refractivity contribution in [1.82, 2.24) is 9.97 Å². The maximum absolute atomic E-state index is 12.0. The van der Waals surface area contributed by atoms with E-state index in [-0.39, 0.29) is 29.2 Å². The van der Waals surface area contributed by atoms with Gasteiger partial charge in [-0.05, 0) is 31.5 Å². The van der Waals surface area contributed by atoms with Crippen LogP contribution >= 0.6 is 0 Å². The van der Waals surface area contributed by atoms with Crippen LogP contribution in [0, 0.1) is 17.0 Å². The van der Waals surface area contributed by atoms with Gasteiger partial charge in [-0.2, -0.15) is 0 Å². The molecule has 0 spiro atoms. The second-order valence-electron chi connectivity index (χ2n) is 4.55. The minimum absolute atomic E-state index is 0.104. The first kappa shape index (κ1) is 15.6. The second-order valence-corrected chi connectivity index (χ2v) is 4.55. The van der Waals surface area contributed by atoms with Crippen molar-refractivity contribution in [3.05, 3.63) is 57.2 Å². The average Bonchev–Trinajstić information content (AvgIpc) is 2.85. The van der Waals surface area contributed by atoms with Gasteiger partial charge in [-0.3, -0.25) is 15.1 Å². The average molecular weight is 305 g/mol. The summed E-state index contributed by atoms with van der Waals surface area (Å²) in [5, 5.41) is 21.8. The maximum atomic E-state index is 12.0. The Morgan fingerprint density at radius 2 is 2.14 bits per heavy atom. The monoisotopic (exact) mass is 305 g/mol. The normalized spacial score (nSPS) is 12.0. The molecule has 2 rings (SSSR count). The van der Waals surface area contributed by atoms with Crippen molar-refractivity contribution in [2.45, 2.75) is 20.0 Å². The Kier molecular flexibility index (Phi) is 4.52. The smallest absolute Gasteiger partial charge is 0.355 e. The fourth-order valence-electron chi connectivity index (χ4n) is 2.21. The fourth-order valence-corrected chi connectivity index (χ4v) is 2.21. The van der Waals surface area contributed by atoms with Crippen LogP contribution in [-0.2, 0) is 4.74 Å². The van der Waals surface area contributed by atoms with Crippen LogP contribution in [0.5, 0.6) is 0 Å². The number of carbonyl (C=O) groups is 1. The number of aliphatic hydroxyl groups is 1. The number of hydrogen-bond donors (Lipinski definition) is 2. The predicted molar refractivity (Wildman–Crippen MR) is 76.4 cm³/mol. The fraction of sp³-hybridized carbons (Fsp3) is 0.286. The van der Waals surface area contributed by atoms with Crippen molar-refractivity contribution in [1.29, 1.82) is 0 Å². The molecule has 0 aliphatic heterocycles. The lowest BCUT2D eigenvalue weighted by atomic mass is 10.0. The van der Waals surface area contributed by atoms with Gasteiger partial charge in [0.15, 0.2) is 0 Å². The number of aryl methyl sites for hydroxylation is 1. The van der Waals surface area contributed by atoms with Crippen molar-refractivity contribution >= 4 is 11.7 Å². The number of esters is 1. The number of nitrogens with one attached hydrogen (secondary N) is 1. The van der Waals surface area contributed by atoms with E-state index >= 15 is 0 Å². The van der Waals surface area contributed by atoms with E-state index < -0.39 is 17.0 Å². The van der Waals surface area contributed by atoms with Crippen molar-refractivity contribution in [3.8, 4) is 0 Å². The minimum Gasteiger partial charge on any atom is -0.461 e. The third-order valence-electron chi connectivity index (χ3n) is 3.15. The number of aromatic amines is 1. The number of nitrogens with zero attached hydrogens (tertiary/aromatic N) is 2. The van der Waals surface area contributed by atoms with E-state index in [0.717, 1.165) is 0 Å². The molecule has 0 amide bonds. The molecule has 2 aromatic heterocycles. The summed E-state index contributed by atoms with van der Waals surface area (Å²) in [6, 6.07) is 3.04. The first-order chi connectivity index (χ1) is 10.5. The molecule has 22 heavy (non-hydrogen) atoms. The van der Waals surface area contributed by atoms with E-state index in [1.807, 2.05) is 0 Å². The summed E-state index contributed by atoms with van der Waals surface area (Å²) in [5.41, 5.74) is 0.0219. The van der Waals surface area contributed by atoms with Crippen molar-refractivity contribution < 1.29 is 19.6 Å². The van der Waals surface area contributed by atoms with Gasteiger partial charge < -0.3 is 14.8 Å². The summed E-state index contributed by atoms with van der Waals surface area (Å²) in [7, 11) is 0. The highest BCUT2D eigenvalue weighted by molar-refractivity contribution is 5.91. The number of nitro groups is 1. The largest absolute Gasteiger partial charge is 0.461 e. The highest BCUT2D eigenvalue weighted by Crippen LogP contribution is 2.35. The van der Waals surface area contributed by atoms with Crippen LogP contribution < -0.4 is 0 Å². The maximum Gasteiger partial charge on any atom is 0.355 e. The van der Waals surface area contributed by atoms with Crippen LogP contribution in [0.1, 0.15) is 40.3 Å². The second kappa shape index (κ2) is 6.35. The zero-order chi connectivity index (χ0) is 16.3. The summed E-state index contributed by atoms with van der Waals surface area (Å²) >= 11 is 0. The molecule has 0 fully saturated rings. The SMILES string of the molecule is CCOC(=O)c1[nH]c(C)c([N+](=O)[O-])c1C(O)c1ccncc1. The lowest BCUT2D eigenvalue weighted by molar-refractivity contribution is -0.386. The van der Waals surface area contributed by atoms with Gasteiger partial charge in [0, 0.05) is 12.4 Å². The predicted octanol–water partition coefficient (Wildman–Crippen LogP) is 1.88. The van der Waals surface area contributed by atoms with Gasteiger partial charge in [0.25, 0.3) is 5.69 Å². The number of aliphatic hydroxyl groups excluding tert-OH is 1. The Morgan fingerprint density at radius 3 is 2.68 bits per heavy atom. The number of H-pyrrole nitrogens is 1. The molecule has 0 saturated carbocycles. The topological polar surface area (TPSA) is 118 Å². The molecule has 116 valence electrons. The van der Waals surface area contributed by atoms with E-state index in [2.05, 4.69) is 9.97 Å². The van der Waals surface area contributed by atoms with Gasteiger partial charge in [0.05, 0.1) is 22.8 Å². The van der Waals surface area contributed by atoms with Crippen molar-refractivity contribution in [2.75, 3.05) is 6.61 Å². The van der Waals surface area contributed by atoms with Gasteiger partial charge in [-0.1, -0.05) is 0 Å². The van der Waals surface area contributed by atoms with Crippen molar-refractivity contribution in [3.63, 3.8) is 0 Å². The number of hydrogen-bond acceptors (Lipinski definition) is 6. The van der Waals surface area contributed by atoms with Gasteiger partial charge >= 0.3 is 5.97 Å². The molecule has 2 heterocycles. The van der Waals surface area contributed by atoms with Crippen LogP contribution in [0.2, 0.25) is 0 Å². The molecular formula is C14H15N3O5. The van der Waals surface area contributed by atoms with Gasteiger partial charge in [-0.15, -0.1) is 0 Å². The summed E-state index contributed by atoms with van der Waals surface area (Å²) in [5.74, 6) is -0.748. The lowest BCUT2D eigenvalue weighted by Crippen LogP contribution is -2.12. The molecule has 8 heteroatoms. The number of pyridine rings is 1. The Hall–Kier alpha value is -2.74. The molecule has 0 aliphatic carbocycles. The Labute approximate surface area is 125 Å². The van der Waals surface area contributed by atoms with Gasteiger partial charge in [0.1, 0.15) is 11.8 Å². The minimum atomic E-state index is -1.34. The van der Waals surface area contributed by atoms with Crippen LogP contribution in [0.3, 0.4) is 0 Å². The molecule has 2 N–H and O–H groups in total. The van der Waals surface area contributed by atoms with Crippen molar-refractivity contribution in [2.24, 2.45) is 0 Å². The zero-order valence-corrected chi connectivity index (χ0v) is 12.1. The summed E-state index contributed by atoms with van der Waals surface area (Å²) in [6.45, 7) is 3.21. The summed E-state index contributed by atoms with van der Waals surface area (Å²) in [6.07, 6.45) is 1.56. The first-order valence-corrected chi connectivity index (χ1v) is 6.59. The third-order valence-corrected chi connectivity index (χ3v) is 3.15. The summed E-state index contributed by atoms with van der Waals surface area (Å²) in [4.78, 5) is 29.1. The number of aromatic nitrogens is 2. The summed E-state index contributed by atoms with van der Waals surface area (Å²) < 4.78 is 4.89. The van der Waals surface area contributed by atoms with E-state index in [1.165, 1.54) is 31.5 Å². The Balaban J connectivity index is 2.60. The van der Waals surface area contributed by atoms with Crippen LogP contribution in [-0.4, -0.2) is 32.6 Å².